The van der Waals surface area contributed by atoms with Gasteiger partial charge >= 0.3 is 0 Å². The van der Waals surface area contributed by atoms with Crippen molar-refractivity contribution in [2.45, 2.75) is 13.5 Å². The molecule has 1 fully saturated rings. The number of fused-ring (bicyclic) bond motifs is 1. The number of nitro groups is 1. The minimum Gasteiger partial charge on any atom is -0.380 e. The Kier molecular flexibility index (Phi) is 6.13. The van der Waals surface area contributed by atoms with Crippen molar-refractivity contribution in [1.29, 1.82) is 0 Å². The van der Waals surface area contributed by atoms with Crippen LogP contribution in [-0.2, 0) is 6.54 Å². The summed E-state index contributed by atoms with van der Waals surface area (Å²) in [6, 6.07) is 11.7. The van der Waals surface area contributed by atoms with E-state index in [-0.39, 0.29) is 10.6 Å². The summed E-state index contributed by atoms with van der Waals surface area (Å²) in [7, 11) is 2.15. The zero-order valence-electron chi connectivity index (χ0n) is 17.8. The zero-order chi connectivity index (χ0) is 21.8. The van der Waals surface area contributed by atoms with Crippen LogP contribution in [0.5, 0.6) is 0 Å². The predicted octanol–water partition coefficient (Wildman–Crippen LogP) is 3.33. The van der Waals surface area contributed by atoms with Gasteiger partial charge in [0.15, 0.2) is 0 Å². The summed E-state index contributed by atoms with van der Waals surface area (Å²) in [6.07, 6.45) is 1.48. The Morgan fingerprint density at radius 1 is 1.10 bits per heavy atom. The van der Waals surface area contributed by atoms with E-state index in [2.05, 4.69) is 61.7 Å². The van der Waals surface area contributed by atoms with Crippen LogP contribution in [0.3, 0.4) is 0 Å². The van der Waals surface area contributed by atoms with Gasteiger partial charge in [-0.05, 0) is 37.7 Å². The Balaban J connectivity index is 1.56. The molecule has 0 radical (unpaired) electrons. The number of hydrogen-bond donors (Lipinski definition) is 2. The van der Waals surface area contributed by atoms with E-state index in [4.69, 9.17) is 0 Å². The van der Waals surface area contributed by atoms with E-state index in [1.165, 1.54) is 18.1 Å². The van der Waals surface area contributed by atoms with E-state index < -0.39 is 0 Å². The molecule has 0 spiro atoms. The van der Waals surface area contributed by atoms with Gasteiger partial charge in [0, 0.05) is 56.4 Å². The molecule has 0 atom stereocenters. The molecule has 9 nitrogen and oxygen atoms in total. The third-order valence-electron chi connectivity index (χ3n) is 5.56. The van der Waals surface area contributed by atoms with Gasteiger partial charge in [0.1, 0.15) is 17.8 Å². The molecule has 31 heavy (non-hydrogen) atoms. The zero-order valence-corrected chi connectivity index (χ0v) is 17.8. The van der Waals surface area contributed by atoms with Crippen molar-refractivity contribution in [3.8, 4) is 0 Å². The Bertz CT molecular complexity index is 1080. The van der Waals surface area contributed by atoms with Crippen molar-refractivity contribution in [3.63, 3.8) is 0 Å². The van der Waals surface area contributed by atoms with E-state index in [9.17, 15) is 10.1 Å². The first kappa shape index (κ1) is 20.8. The van der Waals surface area contributed by atoms with Gasteiger partial charge < -0.3 is 20.4 Å². The third kappa shape index (κ3) is 4.66. The van der Waals surface area contributed by atoms with Gasteiger partial charge in [-0.15, -0.1) is 0 Å². The lowest BCUT2D eigenvalue weighted by Crippen LogP contribution is -2.44. The smallest absolute Gasteiger partial charge is 0.293 e. The quantitative estimate of drug-likeness (QED) is 0.443. The first-order valence-electron chi connectivity index (χ1n) is 10.5. The number of anilines is 3. The third-order valence-corrected chi connectivity index (χ3v) is 5.56. The number of nitrogens with one attached hydrogen (secondary N) is 2. The van der Waals surface area contributed by atoms with Crippen molar-refractivity contribution in [2.24, 2.45) is 0 Å². The molecule has 0 aliphatic carbocycles. The second-order valence-electron chi connectivity index (χ2n) is 7.71. The molecule has 1 saturated heterocycles. The van der Waals surface area contributed by atoms with E-state index in [0.29, 0.717) is 35.5 Å². The average molecular weight is 422 g/mol. The van der Waals surface area contributed by atoms with Crippen LogP contribution >= 0.6 is 0 Å². The summed E-state index contributed by atoms with van der Waals surface area (Å²) in [5, 5.41) is 18.5. The molecule has 4 rings (SSSR count). The van der Waals surface area contributed by atoms with Crippen LogP contribution in [0.25, 0.3) is 10.9 Å². The summed E-state index contributed by atoms with van der Waals surface area (Å²) in [6.45, 7) is 7.20. The van der Waals surface area contributed by atoms with Crippen molar-refractivity contribution >= 4 is 33.8 Å². The molecule has 0 saturated carbocycles. The molecular weight excluding hydrogens is 394 g/mol. The van der Waals surface area contributed by atoms with Crippen LogP contribution in [0.15, 0.2) is 42.7 Å². The fourth-order valence-electron chi connectivity index (χ4n) is 3.83. The van der Waals surface area contributed by atoms with Gasteiger partial charge in [0.05, 0.1) is 10.4 Å². The van der Waals surface area contributed by atoms with Crippen LogP contribution in [0, 0.1) is 10.1 Å². The van der Waals surface area contributed by atoms with Crippen molar-refractivity contribution in [3.05, 3.63) is 58.4 Å². The first-order chi connectivity index (χ1) is 15.0. The van der Waals surface area contributed by atoms with Crippen LogP contribution in [0.2, 0.25) is 0 Å². The molecule has 162 valence electrons. The molecule has 1 aliphatic rings. The molecule has 9 heteroatoms. The lowest BCUT2D eigenvalue weighted by molar-refractivity contribution is -0.383. The van der Waals surface area contributed by atoms with Gasteiger partial charge in [-0.1, -0.05) is 12.1 Å². The van der Waals surface area contributed by atoms with Crippen LogP contribution < -0.4 is 15.5 Å². The number of likely N-dealkylation sites (N-methyl/N-ethyl adjacent to an activating group) is 1. The number of nitro benzene ring substituents is 1. The molecule has 0 unspecified atom stereocenters. The van der Waals surface area contributed by atoms with Crippen molar-refractivity contribution in [1.82, 2.24) is 14.9 Å². The first-order valence-corrected chi connectivity index (χ1v) is 10.5. The normalized spacial score (nSPS) is 14.6. The number of piperazine rings is 1. The molecule has 2 N–H and O–H groups in total. The molecule has 0 amide bonds. The van der Waals surface area contributed by atoms with E-state index in [1.807, 2.05) is 6.92 Å². The Morgan fingerprint density at radius 2 is 1.90 bits per heavy atom. The number of hydrogen-bond acceptors (Lipinski definition) is 8. The number of nitrogens with zero attached hydrogens (tertiary/aromatic N) is 5. The maximum atomic E-state index is 11.5. The maximum Gasteiger partial charge on any atom is 0.293 e. The highest BCUT2D eigenvalue weighted by Crippen LogP contribution is 2.32. The molecule has 0 bridgehead atoms. The SMILES string of the molecule is CCNc1cc2ncnc(NCc3cccc(N4CCN(C)CC4)c3)c2cc1[N+](=O)[O-]. The summed E-state index contributed by atoms with van der Waals surface area (Å²) in [5.41, 5.74) is 3.48. The molecule has 3 aromatic rings. The second-order valence-corrected chi connectivity index (χ2v) is 7.71. The highest BCUT2D eigenvalue weighted by molar-refractivity contribution is 5.94. The van der Waals surface area contributed by atoms with E-state index >= 15 is 0 Å². The fourth-order valence-corrected chi connectivity index (χ4v) is 3.83. The average Bonchev–Trinajstić information content (AvgIpc) is 2.78. The monoisotopic (exact) mass is 421 g/mol. The topological polar surface area (TPSA) is 99.5 Å². The van der Waals surface area contributed by atoms with Gasteiger partial charge in [0.25, 0.3) is 5.69 Å². The number of aromatic nitrogens is 2. The molecular formula is C22H27N7O2. The Morgan fingerprint density at radius 3 is 2.65 bits per heavy atom. The lowest BCUT2D eigenvalue weighted by Gasteiger charge is -2.34. The van der Waals surface area contributed by atoms with Gasteiger partial charge in [-0.25, -0.2) is 9.97 Å². The van der Waals surface area contributed by atoms with Gasteiger partial charge in [0.2, 0.25) is 0 Å². The predicted molar refractivity (Wildman–Crippen MR) is 124 cm³/mol. The van der Waals surface area contributed by atoms with Gasteiger partial charge in [-0.2, -0.15) is 0 Å². The van der Waals surface area contributed by atoms with E-state index in [0.717, 1.165) is 31.7 Å². The summed E-state index contributed by atoms with van der Waals surface area (Å²) < 4.78 is 0. The van der Waals surface area contributed by atoms with Crippen molar-refractivity contribution < 1.29 is 4.92 Å². The van der Waals surface area contributed by atoms with Crippen LogP contribution in [0.1, 0.15) is 12.5 Å². The van der Waals surface area contributed by atoms with Crippen LogP contribution in [-0.4, -0.2) is 59.6 Å². The van der Waals surface area contributed by atoms with Crippen LogP contribution in [0.4, 0.5) is 22.9 Å². The maximum absolute atomic E-state index is 11.5. The van der Waals surface area contributed by atoms with Crippen molar-refractivity contribution in [2.75, 3.05) is 55.3 Å². The minimum atomic E-state index is -0.381. The minimum absolute atomic E-state index is 0.0178. The Hall–Kier alpha value is -3.46. The molecule has 2 aromatic carbocycles. The number of benzene rings is 2. The van der Waals surface area contributed by atoms with Gasteiger partial charge in [-0.3, -0.25) is 10.1 Å². The summed E-state index contributed by atoms with van der Waals surface area (Å²) >= 11 is 0. The second kappa shape index (κ2) is 9.13. The number of rotatable bonds is 7. The summed E-state index contributed by atoms with van der Waals surface area (Å²) in [4.78, 5) is 24.5. The lowest BCUT2D eigenvalue weighted by atomic mass is 10.1. The highest BCUT2D eigenvalue weighted by Gasteiger charge is 2.18. The molecule has 1 aromatic heterocycles. The standard InChI is InChI=1S/C22H27N7O2/c1-3-23-20-13-19-18(12-21(20)29(30)31)22(26-15-25-19)24-14-16-5-4-6-17(11-16)28-9-7-27(2)8-10-28/h4-6,11-13,15,23H,3,7-10,14H2,1-2H3,(H,24,25,26). The summed E-state index contributed by atoms with van der Waals surface area (Å²) in [5.74, 6) is 0.584. The highest BCUT2D eigenvalue weighted by atomic mass is 16.6. The Labute approximate surface area is 181 Å². The molecule has 1 aliphatic heterocycles. The fraction of sp³-hybridized carbons (Fsp3) is 0.364. The van der Waals surface area contributed by atoms with E-state index in [1.54, 1.807) is 6.07 Å². The largest absolute Gasteiger partial charge is 0.380 e. The molecule has 2 heterocycles.